The van der Waals surface area contributed by atoms with Crippen molar-refractivity contribution in [3.8, 4) is 0 Å². The molecule has 0 spiro atoms. The van der Waals surface area contributed by atoms with E-state index in [0.29, 0.717) is 19.5 Å². The number of fused-ring (bicyclic) bond motifs is 3. The van der Waals surface area contributed by atoms with Crippen molar-refractivity contribution in [1.29, 1.82) is 0 Å². The molecule has 4 unspecified atom stereocenters. The quantitative estimate of drug-likeness (QED) is 0.347. The summed E-state index contributed by atoms with van der Waals surface area (Å²) in [6, 6.07) is 17.2. The summed E-state index contributed by atoms with van der Waals surface area (Å²) in [6.45, 7) is 4.94. The van der Waals surface area contributed by atoms with Gasteiger partial charge in [-0.15, -0.1) is 6.58 Å². The molecular formula is C27H28N2O4. The average Bonchev–Trinajstić information content (AvgIpc) is 3.14. The molecule has 3 aromatic rings. The van der Waals surface area contributed by atoms with E-state index in [1.165, 1.54) is 6.08 Å². The van der Waals surface area contributed by atoms with Crippen LogP contribution in [-0.4, -0.2) is 57.1 Å². The molecule has 0 saturated carbocycles. The van der Waals surface area contributed by atoms with Crippen molar-refractivity contribution in [3.63, 3.8) is 0 Å². The third-order valence-electron chi connectivity index (χ3n) is 6.72. The number of esters is 1. The summed E-state index contributed by atoms with van der Waals surface area (Å²) in [4.78, 5) is 14.5. The van der Waals surface area contributed by atoms with Crippen LogP contribution in [0.4, 0.5) is 0 Å². The van der Waals surface area contributed by atoms with Crippen molar-refractivity contribution in [3.05, 3.63) is 90.1 Å². The number of hydrogen-bond acceptors (Lipinski definition) is 5. The van der Waals surface area contributed by atoms with Crippen LogP contribution >= 0.6 is 0 Å². The third-order valence-corrected chi connectivity index (χ3v) is 6.72. The van der Waals surface area contributed by atoms with Gasteiger partial charge in [-0.05, 0) is 29.7 Å². The zero-order valence-electron chi connectivity index (χ0n) is 18.4. The molecule has 33 heavy (non-hydrogen) atoms. The van der Waals surface area contributed by atoms with Crippen LogP contribution in [0.15, 0.2) is 73.3 Å². The molecule has 6 heteroatoms. The second-order valence-electron chi connectivity index (χ2n) is 8.71. The lowest BCUT2D eigenvalue weighted by Crippen LogP contribution is -2.55. The molecule has 2 aromatic carbocycles. The molecule has 2 aliphatic heterocycles. The number of aliphatic hydroxyl groups is 2. The minimum Gasteiger partial charge on any atom is -0.461 e. The van der Waals surface area contributed by atoms with Gasteiger partial charge in [0.2, 0.25) is 0 Å². The van der Waals surface area contributed by atoms with Crippen LogP contribution in [0.1, 0.15) is 22.9 Å². The van der Waals surface area contributed by atoms with Crippen molar-refractivity contribution in [2.24, 2.45) is 0 Å². The van der Waals surface area contributed by atoms with Crippen LogP contribution < -0.4 is 0 Å². The summed E-state index contributed by atoms with van der Waals surface area (Å²) >= 11 is 0. The predicted octanol–water partition coefficient (Wildman–Crippen LogP) is 3.09. The molecule has 2 N–H and O–H groups in total. The normalized spacial score (nSPS) is 24.7. The number of ether oxygens (including phenoxy) is 1. The number of rotatable bonds is 6. The fourth-order valence-corrected chi connectivity index (χ4v) is 5.27. The number of benzene rings is 2. The Balaban J connectivity index is 1.44. The number of carbonyl (C=O) groups is 1. The van der Waals surface area contributed by atoms with Gasteiger partial charge in [0.15, 0.2) is 0 Å². The molecule has 0 fully saturated rings. The lowest BCUT2D eigenvalue weighted by atomic mass is 9.86. The fraction of sp³-hybridized carbons (Fsp3) is 0.296. The fourth-order valence-electron chi connectivity index (χ4n) is 5.27. The Kier molecular flexibility index (Phi) is 5.89. The number of aromatic nitrogens is 1. The SMILES string of the molecule is C=CCN1C(COC(=O)C=Cc2ccccc2)Cc2c3n(c4ccccc24)CC(O)C(O)C31. The molecule has 170 valence electrons. The first-order valence-corrected chi connectivity index (χ1v) is 11.3. The number of carbonyl (C=O) groups excluding carboxylic acids is 1. The van der Waals surface area contributed by atoms with Crippen LogP contribution in [0, 0.1) is 0 Å². The molecule has 2 aliphatic rings. The highest BCUT2D eigenvalue weighted by Crippen LogP contribution is 2.44. The molecule has 5 rings (SSSR count). The van der Waals surface area contributed by atoms with Gasteiger partial charge < -0.3 is 19.5 Å². The van der Waals surface area contributed by atoms with Crippen LogP contribution in [0.2, 0.25) is 0 Å². The van der Waals surface area contributed by atoms with Gasteiger partial charge in [-0.1, -0.05) is 54.6 Å². The van der Waals surface area contributed by atoms with Crippen molar-refractivity contribution < 1.29 is 19.7 Å². The second-order valence-corrected chi connectivity index (χ2v) is 8.71. The Labute approximate surface area is 193 Å². The van der Waals surface area contributed by atoms with Gasteiger partial charge in [0, 0.05) is 35.3 Å². The van der Waals surface area contributed by atoms with Crippen molar-refractivity contribution in [2.75, 3.05) is 13.2 Å². The zero-order chi connectivity index (χ0) is 22.9. The van der Waals surface area contributed by atoms with Gasteiger partial charge in [-0.2, -0.15) is 0 Å². The summed E-state index contributed by atoms with van der Waals surface area (Å²) in [5.41, 5.74) is 4.18. The van der Waals surface area contributed by atoms with Gasteiger partial charge in [-0.25, -0.2) is 4.79 Å². The van der Waals surface area contributed by atoms with Crippen LogP contribution in [0.5, 0.6) is 0 Å². The van der Waals surface area contributed by atoms with E-state index in [-0.39, 0.29) is 12.6 Å². The first-order chi connectivity index (χ1) is 16.1. The van der Waals surface area contributed by atoms with E-state index in [1.807, 2.05) is 42.5 Å². The Bertz CT molecular complexity index is 1200. The maximum Gasteiger partial charge on any atom is 0.330 e. The summed E-state index contributed by atoms with van der Waals surface area (Å²) in [7, 11) is 0. The topological polar surface area (TPSA) is 74.9 Å². The molecule has 0 aliphatic carbocycles. The molecule has 1 aromatic heterocycles. The van der Waals surface area contributed by atoms with E-state index in [2.05, 4.69) is 28.2 Å². The molecule has 0 bridgehead atoms. The molecule has 0 radical (unpaired) electrons. The van der Waals surface area contributed by atoms with E-state index in [0.717, 1.165) is 27.7 Å². The molecule has 3 heterocycles. The van der Waals surface area contributed by atoms with E-state index >= 15 is 0 Å². The minimum atomic E-state index is -0.933. The van der Waals surface area contributed by atoms with Crippen LogP contribution in [-0.2, 0) is 22.5 Å². The van der Waals surface area contributed by atoms with Gasteiger partial charge >= 0.3 is 5.97 Å². The maximum atomic E-state index is 12.4. The first-order valence-electron chi connectivity index (χ1n) is 11.3. The number of aliphatic hydroxyl groups excluding tert-OH is 2. The highest BCUT2D eigenvalue weighted by molar-refractivity contribution is 5.87. The smallest absolute Gasteiger partial charge is 0.330 e. The number of para-hydroxylation sites is 1. The second kappa shape index (κ2) is 8.98. The van der Waals surface area contributed by atoms with Crippen molar-refractivity contribution in [1.82, 2.24) is 9.47 Å². The van der Waals surface area contributed by atoms with Gasteiger partial charge in [0.05, 0.1) is 18.7 Å². The third kappa shape index (κ3) is 3.91. The van der Waals surface area contributed by atoms with Crippen LogP contribution in [0.3, 0.4) is 0 Å². The predicted molar refractivity (Wildman–Crippen MR) is 128 cm³/mol. The molecule has 6 nitrogen and oxygen atoms in total. The molecule has 4 atom stereocenters. The van der Waals surface area contributed by atoms with Gasteiger partial charge in [-0.3, -0.25) is 4.90 Å². The van der Waals surface area contributed by atoms with E-state index in [9.17, 15) is 15.0 Å². The van der Waals surface area contributed by atoms with Crippen molar-refractivity contribution in [2.45, 2.75) is 37.3 Å². The Morgan fingerprint density at radius 1 is 1.12 bits per heavy atom. The summed E-state index contributed by atoms with van der Waals surface area (Å²) in [5, 5.41) is 22.8. The monoisotopic (exact) mass is 444 g/mol. The lowest BCUT2D eigenvalue weighted by molar-refractivity contribution is -0.141. The minimum absolute atomic E-state index is 0.145. The lowest BCUT2D eigenvalue weighted by Gasteiger charge is -2.47. The largest absolute Gasteiger partial charge is 0.461 e. The van der Waals surface area contributed by atoms with Crippen LogP contribution in [0.25, 0.3) is 17.0 Å². The van der Waals surface area contributed by atoms with Gasteiger partial charge in [0.25, 0.3) is 0 Å². The molecule has 0 saturated heterocycles. The highest BCUT2D eigenvalue weighted by Gasteiger charge is 2.46. The Morgan fingerprint density at radius 3 is 2.67 bits per heavy atom. The average molecular weight is 445 g/mol. The van der Waals surface area contributed by atoms with E-state index < -0.39 is 24.2 Å². The summed E-state index contributed by atoms with van der Waals surface area (Å²) < 4.78 is 7.77. The Morgan fingerprint density at radius 2 is 1.88 bits per heavy atom. The Hall–Kier alpha value is -3.19. The van der Waals surface area contributed by atoms with Crippen molar-refractivity contribution >= 4 is 22.9 Å². The van der Waals surface area contributed by atoms with E-state index in [1.54, 1.807) is 12.2 Å². The number of nitrogens with zero attached hydrogens (tertiary/aromatic N) is 2. The summed E-state index contributed by atoms with van der Waals surface area (Å²) in [5.74, 6) is -0.408. The summed E-state index contributed by atoms with van der Waals surface area (Å²) in [6.07, 6.45) is 3.83. The molecular weight excluding hydrogens is 416 g/mol. The first kappa shape index (κ1) is 21.6. The standard InChI is InChI=1S/C27H28N2O4/c1-2-14-28-19(17-33-24(31)13-12-18-8-4-3-5-9-18)15-21-20-10-6-7-11-22(20)29-16-23(30)27(32)26(28)25(21)29/h2-13,19,23,26-27,30,32H,1,14-17H2. The molecule has 0 amide bonds. The zero-order valence-corrected chi connectivity index (χ0v) is 18.4. The van der Waals surface area contributed by atoms with Gasteiger partial charge in [0.1, 0.15) is 12.7 Å². The highest BCUT2D eigenvalue weighted by atomic mass is 16.5. The number of hydrogen-bond donors (Lipinski definition) is 2. The maximum absolute atomic E-state index is 12.4. The van der Waals surface area contributed by atoms with E-state index in [4.69, 9.17) is 4.74 Å².